The number of anilines is 2. The molecule has 0 unspecified atom stereocenters. The number of hydrogen-bond acceptors (Lipinski definition) is 3. The third-order valence-corrected chi connectivity index (χ3v) is 3.86. The van der Waals surface area contributed by atoms with E-state index in [1.807, 2.05) is 19.1 Å². The third-order valence-electron chi connectivity index (χ3n) is 3.86. The number of aromatic carboxylic acids is 1. The Labute approximate surface area is 124 Å². The molecule has 108 valence electrons. The minimum Gasteiger partial charge on any atom is -0.478 e. The van der Waals surface area contributed by atoms with Crippen molar-refractivity contribution in [2.75, 3.05) is 11.4 Å². The van der Waals surface area contributed by atoms with Gasteiger partial charge >= 0.3 is 5.97 Å². The topological polar surface area (TPSA) is 53.4 Å². The van der Waals surface area contributed by atoms with Crippen LogP contribution in [0, 0.1) is 0 Å². The maximum absolute atomic E-state index is 11.3. The number of benzene rings is 1. The second-order valence-corrected chi connectivity index (χ2v) is 5.25. The van der Waals surface area contributed by atoms with Gasteiger partial charge in [0.25, 0.3) is 0 Å². The van der Waals surface area contributed by atoms with Crippen molar-refractivity contribution < 1.29 is 9.90 Å². The molecular formula is C17H18N2O2. The molecule has 0 saturated heterocycles. The van der Waals surface area contributed by atoms with Crippen LogP contribution in [0.25, 0.3) is 0 Å². The Morgan fingerprint density at radius 1 is 1.33 bits per heavy atom. The number of fused-ring (bicyclic) bond motifs is 1. The Bertz CT molecular complexity index is 682. The van der Waals surface area contributed by atoms with Gasteiger partial charge in [-0.15, -0.1) is 0 Å². The van der Waals surface area contributed by atoms with Crippen molar-refractivity contribution in [2.45, 2.75) is 26.2 Å². The van der Waals surface area contributed by atoms with Crippen molar-refractivity contribution in [3.8, 4) is 0 Å². The Morgan fingerprint density at radius 3 is 2.90 bits per heavy atom. The SMILES string of the molecule is CCc1cc(C(=O)O)cc(N2CCCc3ccccc32)n1. The van der Waals surface area contributed by atoms with E-state index in [-0.39, 0.29) is 0 Å². The predicted octanol–water partition coefficient (Wildman–Crippen LogP) is 3.43. The van der Waals surface area contributed by atoms with Crippen LogP contribution in [0.15, 0.2) is 36.4 Å². The molecule has 0 saturated carbocycles. The molecule has 3 rings (SSSR count). The first kappa shape index (κ1) is 13.6. The first-order valence-corrected chi connectivity index (χ1v) is 7.28. The molecule has 1 aliphatic heterocycles. The fourth-order valence-corrected chi connectivity index (χ4v) is 2.79. The smallest absolute Gasteiger partial charge is 0.335 e. The largest absolute Gasteiger partial charge is 0.478 e. The fraction of sp³-hybridized carbons (Fsp3) is 0.294. The molecule has 4 heteroatoms. The first-order valence-electron chi connectivity index (χ1n) is 7.28. The van der Waals surface area contributed by atoms with Crippen molar-refractivity contribution >= 4 is 17.5 Å². The number of aromatic nitrogens is 1. The summed E-state index contributed by atoms with van der Waals surface area (Å²) in [5.41, 5.74) is 3.55. The lowest BCUT2D eigenvalue weighted by Crippen LogP contribution is -2.25. The maximum Gasteiger partial charge on any atom is 0.335 e. The van der Waals surface area contributed by atoms with E-state index in [0.29, 0.717) is 5.56 Å². The van der Waals surface area contributed by atoms with Gasteiger partial charge in [0.2, 0.25) is 0 Å². The first-order chi connectivity index (χ1) is 10.2. The fourth-order valence-electron chi connectivity index (χ4n) is 2.79. The molecule has 1 aliphatic rings. The third kappa shape index (κ3) is 2.61. The van der Waals surface area contributed by atoms with Crippen LogP contribution < -0.4 is 4.90 Å². The van der Waals surface area contributed by atoms with E-state index < -0.39 is 5.97 Å². The summed E-state index contributed by atoms with van der Waals surface area (Å²) in [6.45, 7) is 2.86. The molecule has 1 aromatic heterocycles. The lowest BCUT2D eigenvalue weighted by Gasteiger charge is -2.30. The van der Waals surface area contributed by atoms with Crippen LogP contribution >= 0.6 is 0 Å². The normalized spacial score (nSPS) is 13.9. The highest BCUT2D eigenvalue weighted by atomic mass is 16.4. The maximum atomic E-state index is 11.3. The lowest BCUT2D eigenvalue weighted by atomic mass is 10.0. The molecule has 2 aromatic rings. The molecule has 2 heterocycles. The van der Waals surface area contributed by atoms with Gasteiger partial charge in [0.15, 0.2) is 0 Å². The van der Waals surface area contributed by atoms with Crippen LogP contribution in [0.3, 0.4) is 0 Å². The van der Waals surface area contributed by atoms with Crippen LogP contribution in [-0.2, 0) is 12.8 Å². The summed E-state index contributed by atoms with van der Waals surface area (Å²) < 4.78 is 0. The molecule has 0 atom stereocenters. The van der Waals surface area contributed by atoms with Gasteiger partial charge in [-0.1, -0.05) is 25.1 Å². The minimum atomic E-state index is -0.904. The van der Waals surface area contributed by atoms with Crippen LogP contribution in [0.1, 0.15) is 35.0 Å². The number of nitrogens with zero attached hydrogens (tertiary/aromatic N) is 2. The molecule has 0 radical (unpaired) electrons. The molecule has 1 N–H and O–H groups in total. The Kier molecular flexibility index (Phi) is 3.60. The summed E-state index contributed by atoms with van der Waals surface area (Å²) in [6.07, 6.45) is 2.84. The summed E-state index contributed by atoms with van der Waals surface area (Å²) in [5.74, 6) is -0.169. The van der Waals surface area contributed by atoms with Gasteiger partial charge in [0.1, 0.15) is 5.82 Å². The molecule has 0 fully saturated rings. The van der Waals surface area contributed by atoms with Crippen LogP contribution in [0.4, 0.5) is 11.5 Å². The van der Waals surface area contributed by atoms with Crippen molar-refractivity contribution in [1.29, 1.82) is 0 Å². The number of rotatable bonds is 3. The van der Waals surface area contributed by atoms with E-state index in [2.05, 4.69) is 22.0 Å². The van der Waals surface area contributed by atoms with Crippen molar-refractivity contribution in [2.24, 2.45) is 0 Å². The zero-order valence-electron chi connectivity index (χ0n) is 12.0. The Hall–Kier alpha value is -2.36. The van der Waals surface area contributed by atoms with Crippen molar-refractivity contribution in [3.05, 3.63) is 53.2 Å². The van der Waals surface area contributed by atoms with Crippen molar-refractivity contribution in [3.63, 3.8) is 0 Å². The molecule has 0 bridgehead atoms. The van der Waals surface area contributed by atoms with E-state index in [4.69, 9.17) is 0 Å². The molecule has 0 aliphatic carbocycles. The van der Waals surface area contributed by atoms with Gasteiger partial charge in [0, 0.05) is 17.9 Å². The number of carboxylic acids is 1. The summed E-state index contributed by atoms with van der Waals surface area (Å²) in [6, 6.07) is 11.6. The Morgan fingerprint density at radius 2 is 2.14 bits per heavy atom. The van der Waals surface area contributed by atoms with E-state index in [1.165, 1.54) is 5.56 Å². The van der Waals surface area contributed by atoms with Gasteiger partial charge in [-0.3, -0.25) is 0 Å². The van der Waals surface area contributed by atoms with Gasteiger partial charge in [-0.05, 0) is 43.0 Å². The summed E-state index contributed by atoms with van der Waals surface area (Å²) >= 11 is 0. The molecule has 0 spiro atoms. The van der Waals surface area contributed by atoms with Crippen LogP contribution in [-0.4, -0.2) is 22.6 Å². The van der Waals surface area contributed by atoms with E-state index in [0.717, 1.165) is 43.0 Å². The zero-order valence-corrected chi connectivity index (χ0v) is 12.0. The van der Waals surface area contributed by atoms with Crippen molar-refractivity contribution in [1.82, 2.24) is 4.98 Å². The second-order valence-electron chi connectivity index (χ2n) is 5.25. The van der Waals surface area contributed by atoms with E-state index in [1.54, 1.807) is 12.1 Å². The van der Waals surface area contributed by atoms with Gasteiger partial charge < -0.3 is 10.0 Å². The molecular weight excluding hydrogens is 264 g/mol. The number of aryl methyl sites for hydroxylation is 2. The summed E-state index contributed by atoms with van der Waals surface area (Å²) in [5, 5.41) is 9.28. The van der Waals surface area contributed by atoms with E-state index in [9.17, 15) is 9.90 Å². The molecule has 0 amide bonds. The summed E-state index contributed by atoms with van der Waals surface area (Å²) in [4.78, 5) is 18.1. The molecule has 21 heavy (non-hydrogen) atoms. The average Bonchev–Trinajstić information content (AvgIpc) is 2.53. The number of para-hydroxylation sites is 1. The van der Waals surface area contributed by atoms with Crippen LogP contribution in [0.2, 0.25) is 0 Å². The standard InChI is InChI=1S/C17H18N2O2/c1-2-14-10-13(17(20)21)11-16(18-14)19-9-5-7-12-6-3-4-8-15(12)19/h3-4,6,8,10-11H,2,5,7,9H2,1H3,(H,20,21). The van der Waals surface area contributed by atoms with Gasteiger partial charge in [-0.25, -0.2) is 9.78 Å². The van der Waals surface area contributed by atoms with Gasteiger partial charge in [0.05, 0.1) is 5.56 Å². The highest BCUT2D eigenvalue weighted by molar-refractivity contribution is 5.89. The predicted molar refractivity (Wildman–Crippen MR) is 82.3 cm³/mol. The minimum absolute atomic E-state index is 0.305. The average molecular weight is 282 g/mol. The van der Waals surface area contributed by atoms with E-state index >= 15 is 0 Å². The Balaban J connectivity index is 2.09. The number of carboxylic acid groups (broad SMARTS) is 1. The lowest BCUT2D eigenvalue weighted by molar-refractivity contribution is 0.0696. The van der Waals surface area contributed by atoms with Crippen LogP contribution in [0.5, 0.6) is 0 Å². The number of pyridine rings is 1. The second kappa shape index (κ2) is 5.56. The van der Waals surface area contributed by atoms with Gasteiger partial charge in [-0.2, -0.15) is 0 Å². The zero-order chi connectivity index (χ0) is 14.8. The summed E-state index contributed by atoms with van der Waals surface area (Å²) in [7, 11) is 0. The molecule has 4 nitrogen and oxygen atoms in total. The highest BCUT2D eigenvalue weighted by Crippen LogP contribution is 2.32. The molecule has 1 aromatic carbocycles. The monoisotopic (exact) mass is 282 g/mol. The number of hydrogen-bond donors (Lipinski definition) is 1. The number of carbonyl (C=O) groups is 1. The highest BCUT2D eigenvalue weighted by Gasteiger charge is 2.20. The quantitative estimate of drug-likeness (QED) is 0.937.